The molecule has 1 aromatic heterocycles. The number of rotatable bonds is 5. The second-order valence-electron chi connectivity index (χ2n) is 3.76. The maximum atomic E-state index is 13.2. The summed E-state index contributed by atoms with van der Waals surface area (Å²) in [5, 5.41) is 7.38. The molecular weight excluding hydrogens is 289 g/mol. The molecular formula is C11H11ClFN5O2. The maximum absolute atomic E-state index is 13.2. The van der Waals surface area contributed by atoms with E-state index in [4.69, 9.17) is 22.2 Å². The zero-order valence-corrected chi connectivity index (χ0v) is 11.0. The fourth-order valence-electron chi connectivity index (χ4n) is 1.41. The van der Waals surface area contributed by atoms with Gasteiger partial charge in [-0.1, -0.05) is 16.8 Å². The Kier molecular flexibility index (Phi) is 4.49. The molecule has 0 saturated heterocycles. The summed E-state index contributed by atoms with van der Waals surface area (Å²) in [4.78, 5) is 11.2. The number of amides is 1. The van der Waals surface area contributed by atoms with Crippen molar-refractivity contribution in [3.8, 4) is 5.75 Å². The van der Waals surface area contributed by atoms with Crippen molar-refractivity contribution < 1.29 is 13.9 Å². The van der Waals surface area contributed by atoms with E-state index < -0.39 is 11.7 Å². The Hall–Kier alpha value is -2.19. The number of nitrogens with one attached hydrogen (secondary N) is 1. The summed E-state index contributed by atoms with van der Waals surface area (Å²) in [5.74, 6) is 4.24. The largest absolute Gasteiger partial charge is 0.492 e. The highest BCUT2D eigenvalue weighted by molar-refractivity contribution is 6.30. The summed E-state index contributed by atoms with van der Waals surface area (Å²) in [6.45, 7) is 0.573. The van der Waals surface area contributed by atoms with Gasteiger partial charge in [0.05, 0.1) is 17.8 Å². The number of nitrogen functional groups attached to an aromatic ring is 1. The molecule has 1 heterocycles. The number of carbonyl (C=O) groups is 1. The molecule has 9 heteroatoms. The average molecular weight is 300 g/mol. The Morgan fingerprint density at radius 1 is 1.55 bits per heavy atom. The van der Waals surface area contributed by atoms with Crippen LogP contribution < -0.4 is 16.0 Å². The minimum Gasteiger partial charge on any atom is -0.492 e. The van der Waals surface area contributed by atoms with Gasteiger partial charge >= 0.3 is 0 Å². The second-order valence-corrected chi connectivity index (χ2v) is 4.17. The molecule has 0 unspecified atom stereocenters. The topological polar surface area (TPSA) is 95.1 Å². The van der Waals surface area contributed by atoms with E-state index in [2.05, 4.69) is 10.3 Å². The predicted molar refractivity (Wildman–Crippen MR) is 68.6 cm³/mol. The van der Waals surface area contributed by atoms with Crippen molar-refractivity contribution >= 4 is 17.5 Å². The van der Waals surface area contributed by atoms with Crippen LogP contribution in [0.15, 0.2) is 24.4 Å². The van der Waals surface area contributed by atoms with Gasteiger partial charge < -0.3 is 4.74 Å². The number of halogens is 2. The van der Waals surface area contributed by atoms with Crippen LogP contribution in [-0.2, 0) is 6.54 Å². The minimum atomic E-state index is -0.549. The molecule has 0 aliphatic rings. The van der Waals surface area contributed by atoms with Crippen LogP contribution in [0.25, 0.3) is 0 Å². The van der Waals surface area contributed by atoms with E-state index in [1.54, 1.807) is 6.07 Å². The second kappa shape index (κ2) is 6.31. The number of benzene rings is 1. The first kappa shape index (κ1) is 14.2. The van der Waals surface area contributed by atoms with Crippen LogP contribution in [0.5, 0.6) is 5.75 Å². The minimum absolute atomic E-state index is 0.0334. The summed E-state index contributed by atoms with van der Waals surface area (Å²) in [6, 6.07) is 4.16. The van der Waals surface area contributed by atoms with Crippen LogP contribution in [0.4, 0.5) is 4.39 Å². The number of hydrazine groups is 1. The van der Waals surface area contributed by atoms with Crippen LogP contribution in [0.2, 0.25) is 5.02 Å². The third kappa shape index (κ3) is 3.43. The normalized spacial score (nSPS) is 10.3. The maximum Gasteiger partial charge on any atom is 0.287 e. The zero-order valence-electron chi connectivity index (χ0n) is 10.2. The van der Waals surface area contributed by atoms with Gasteiger partial charge in [-0.25, -0.2) is 14.9 Å². The Labute approximate surface area is 118 Å². The Morgan fingerprint density at radius 3 is 3.05 bits per heavy atom. The number of hydrogen-bond donors (Lipinski definition) is 2. The molecule has 0 fully saturated rings. The smallest absolute Gasteiger partial charge is 0.287 e. The lowest BCUT2D eigenvalue weighted by Gasteiger charge is -2.06. The number of carbonyl (C=O) groups excluding carboxylic acids is 1. The van der Waals surface area contributed by atoms with Gasteiger partial charge in [-0.2, -0.15) is 0 Å². The highest BCUT2D eigenvalue weighted by Gasteiger charge is 2.08. The lowest BCUT2D eigenvalue weighted by Crippen LogP contribution is -2.30. The average Bonchev–Trinajstić information content (AvgIpc) is 2.91. The van der Waals surface area contributed by atoms with Gasteiger partial charge in [-0.05, 0) is 12.1 Å². The molecule has 0 radical (unpaired) electrons. The van der Waals surface area contributed by atoms with E-state index in [1.807, 2.05) is 5.43 Å². The molecule has 0 atom stereocenters. The van der Waals surface area contributed by atoms with Crippen molar-refractivity contribution in [3.63, 3.8) is 0 Å². The molecule has 0 spiro atoms. The van der Waals surface area contributed by atoms with E-state index in [1.165, 1.54) is 23.0 Å². The highest BCUT2D eigenvalue weighted by atomic mass is 35.5. The van der Waals surface area contributed by atoms with Crippen LogP contribution in [0, 0.1) is 5.82 Å². The SMILES string of the molecule is NNC(=O)c1cn(CCOc2ccc(Cl)c(F)c2)nn1. The summed E-state index contributed by atoms with van der Waals surface area (Å²) in [5.41, 5.74) is 2.05. The molecule has 3 N–H and O–H groups in total. The van der Waals surface area contributed by atoms with Crippen molar-refractivity contribution in [3.05, 3.63) is 40.9 Å². The number of hydrogen-bond acceptors (Lipinski definition) is 5. The van der Waals surface area contributed by atoms with Crippen molar-refractivity contribution in [1.29, 1.82) is 0 Å². The van der Waals surface area contributed by atoms with Gasteiger partial charge in [0.15, 0.2) is 5.69 Å². The summed E-state index contributed by atoms with van der Waals surface area (Å²) < 4.78 is 19.9. The predicted octanol–water partition coefficient (Wildman–Crippen LogP) is 0.753. The van der Waals surface area contributed by atoms with E-state index >= 15 is 0 Å². The standard InChI is InChI=1S/C11H11ClFN5O2/c12-8-2-1-7(5-9(8)13)20-4-3-18-6-10(16-17-18)11(19)15-14/h1-2,5-6H,3-4,14H2,(H,15,19). The summed E-state index contributed by atoms with van der Waals surface area (Å²) in [6.07, 6.45) is 1.42. The van der Waals surface area contributed by atoms with Gasteiger partial charge in [0.2, 0.25) is 0 Å². The molecule has 0 aliphatic heterocycles. The van der Waals surface area contributed by atoms with Gasteiger partial charge in [0.1, 0.15) is 18.2 Å². The lowest BCUT2D eigenvalue weighted by atomic mass is 10.3. The fraction of sp³-hybridized carbons (Fsp3) is 0.182. The molecule has 106 valence electrons. The quantitative estimate of drug-likeness (QED) is 0.483. The van der Waals surface area contributed by atoms with E-state index in [0.29, 0.717) is 12.3 Å². The van der Waals surface area contributed by atoms with E-state index in [9.17, 15) is 9.18 Å². The van der Waals surface area contributed by atoms with Crippen molar-refractivity contribution in [2.75, 3.05) is 6.61 Å². The third-order valence-corrected chi connectivity index (χ3v) is 2.69. The summed E-state index contributed by atoms with van der Waals surface area (Å²) >= 11 is 5.56. The van der Waals surface area contributed by atoms with E-state index in [0.717, 1.165) is 0 Å². The number of aromatic nitrogens is 3. The molecule has 2 aromatic rings. The highest BCUT2D eigenvalue weighted by Crippen LogP contribution is 2.20. The zero-order chi connectivity index (χ0) is 14.5. The fourth-order valence-corrected chi connectivity index (χ4v) is 1.53. The van der Waals surface area contributed by atoms with Gasteiger partial charge in [-0.3, -0.25) is 10.2 Å². The first-order valence-corrected chi connectivity index (χ1v) is 5.97. The van der Waals surface area contributed by atoms with Gasteiger partial charge in [0, 0.05) is 6.07 Å². The van der Waals surface area contributed by atoms with Crippen LogP contribution in [0.1, 0.15) is 10.5 Å². The monoisotopic (exact) mass is 299 g/mol. The first-order valence-electron chi connectivity index (χ1n) is 5.59. The summed E-state index contributed by atoms with van der Waals surface area (Å²) in [7, 11) is 0. The lowest BCUT2D eigenvalue weighted by molar-refractivity contribution is 0.0948. The Balaban J connectivity index is 1.88. The third-order valence-electron chi connectivity index (χ3n) is 2.38. The first-order chi connectivity index (χ1) is 9.60. The van der Waals surface area contributed by atoms with Crippen molar-refractivity contribution in [1.82, 2.24) is 20.4 Å². The van der Waals surface area contributed by atoms with Crippen LogP contribution >= 0.6 is 11.6 Å². The van der Waals surface area contributed by atoms with Gasteiger partial charge in [0.25, 0.3) is 5.91 Å². The molecule has 0 aliphatic carbocycles. The molecule has 0 bridgehead atoms. The van der Waals surface area contributed by atoms with Gasteiger partial charge in [-0.15, -0.1) is 5.10 Å². The van der Waals surface area contributed by atoms with Crippen molar-refractivity contribution in [2.45, 2.75) is 6.54 Å². The number of nitrogens with two attached hydrogens (primary N) is 1. The van der Waals surface area contributed by atoms with E-state index in [-0.39, 0.29) is 17.3 Å². The molecule has 1 amide bonds. The molecule has 0 saturated carbocycles. The van der Waals surface area contributed by atoms with Crippen molar-refractivity contribution in [2.24, 2.45) is 5.84 Å². The molecule has 20 heavy (non-hydrogen) atoms. The Bertz CT molecular complexity index is 619. The number of nitrogens with zero attached hydrogens (tertiary/aromatic N) is 3. The van der Waals surface area contributed by atoms with Crippen LogP contribution in [0.3, 0.4) is 0 Å². The number of ether oxygens (including phenoxy) is 1. The van der Waals surface area contributed by atoms with Crippen LogP contribution in [-0.4, -0.2) is 27.5 Å². The molecule has 1 aromatic carbocycles. The molecule has 7 nitrogen and oxygen atoms in total. The Morgan fingerprint density at radius 2 is 2.35 bits per heavy atom. The molecule has 2 rings (SSSR count).